The number of allylic oxidation sites excluding steroid dienone is 2. The van der Waals surface area contributed by atoms with E-state index in [9.17, 15) is 0 Å². The van der Waals surface area contributed by atoms with Gasteiger partial charge in [0.2, 0.25) is 0 Å². The number of methoxy groups -OCH3 is 2. The second kappa shape index (κ2) is 10.6. The Morgan fingerprint density at radius 1 is 0.781 bits per heavy atom. The molecule has 6 nitrogen and oxygen atoms in total. The zero-order valence-electron chi connectivity index (χ0n) is 19.0. The van der Waals surface area contributed by atoms with Crippen LogP contribution in [0.4, 0.5) is 11.4 Å². The monoisotopic (exact) mass is 436 g/mol. The average Bonchev–Trinajstić information content (AvgIpc) is 2.87. The summed E-state index contributed by atoms with van der Waals surface area (Å²) in [6.07, 6.45) is 3.82. The highest BCUT2D eigenvalue weighted by molar-refractivity contribution is 5.87. The molecule has 170 valence electrons. The Balaban J connectivity index is 1.70. The Bertz CT molecular complexity index is 889. The van der Waals surface area contributed by atoms with Gasteiger partial charge < -0.3 is 28.7 Å². The molecule has 0 N–H and O–H groups in total. The molecule has 0 unspecified atom stereocenters. The molecular formula is C26H32N2O4. The summed E-state index contributed by atoms with van der Waals surface area (Å²) < 4.78 is 22.6. The number of hydrogen-bond acceptors (Lipinski definition) is 6. The lowest BCUT2D eigenvalue weighted by Crippen LogP contribution is -2.36. The van der Waals surface area contributed by atoms with Crippen molar-refractivity contribution < 1.29 is 18.9 Å². The van der Waals surface area contributed by atoms with E-state index in [1.807, 2.05) is 6.08 Å². The number of nitrogens with zero attached hydrogens (tertiary/aromatic N) is 2. The molecule has 0 aromatic heterocycles. The third kappa shape index (κ3) is 4.76. The van der Waals surface area contributed by atoms with E-state index in [0.29, 0.717) is 0 Å². The number of anilines is 2. The van der Waals surface area contributed by atoms with Crippen molar-refractivity contribution >= 4 is 16.9 Å². The molecule has 0 bridgehead atoms. The van der Waals surface area contributed by atoms with Crippen LogP contribution in [0.15, 0.2) is 55.1 Å². The molecular weight excluding hydrogens is 404 g/mol. The number of ether oxygens (including phenoxy) is 4. The molecule has 2 aliphatic rings. The molecule has 2 aromatic rings. The summed E-state index contributed by atoms with van der Waals surface area (Å²) in [5.74, 6) is 1.64. The highest BCUT2D eigenvalue weighted by Gasteiger charge is 2.20. The second-order valence-corrected chi connectivity index (χ2v) is 7.78. The minimum absolute atomic E-state index is 0.748. The summed E-state index contributed by atoms with van der Waals surface area (Å²) in [5, 5.41) is 0. The van der Waals surface area contributed by atoms with Crippen LogP contribution < -0.4 is 19.3 Å². The standard InChI is InChI=1S/C26H32N2O4/c1-4-5-22(23-8-6-20(18-25(23)29-2)27-10-14-31-15-11-27)24-9-7-21(19-26(24)30-3)28-12-16-32-17-13-28/h4-9,18-19H,1,10-17H2,2-3H3. The van der Waals surface area contributed by atoms with Crippen LogP contribution in [-0.2, 0) is 9.47 Å². The minimum Gasteiger partial charge on any atom is -0.496 e. The maximum absolute atomic E-state index is 5.82. The smallest absolute Gasteiger partial charge is 0.128 e. The van der Waals surface area contributed by atoms with Gasteiger partial charge in [-0.1, -0.05) is 18.7 Å². The molecule has 0 spiro atoms. The molecule has 2 heterocycles. The summed E-state index contributed by atoms with van der Waals surface area (Å²) in [6.45, 7) is 10.5. The van der Waals surface area contributed by atoms with Crippen LogP contribution in [0, 0.1) is 0 Å². The summed E-state index contributed by atoms with van der Waals surface area (Å²) in [4.78, 5) is 4.65. The van der Waals surface area contributed by atoms with Gasteiger partial charge >= 0.3 is 0 Å². The lowest BCUT2D eigenvalue weighted by molar-refractivity contribution is 0.122. The first-order valence-electron chi connectivity index (χ1n) is 11.1. The number of rotatable bonds is 7. The van der Waals surface area contributed by atoms with E-state index in [2.05, 4.69) is 52.8 Å². The van der Waals surface area contributed by atoms with Crippen molar-refractivity contribution in [3.05, 3.63) is 66.3 Å². The molecule has 2 aromatic carbocycles. The molecule has 2 fully saturated rings. The van der Waals surface area contributed by atoms with Gasteiger partial charge in [0.1, 0.15) is 11.5 Å². The predicted molar refractivity (Wildman–Crippen MR) is 129 cm³/mol. The Morgan fingerprint density at radius 2 is 1.22 bits per heavy atom. The summed E-state index contributed by atoms with van der Waals surface area (Å²) >= 11 is 0. The molecule has 0 amide bonds. The third-order valence-electron chi connectivity index (χ3n) is 5.99. The van der Waals surface area contributed by atoms with E-state index in [4.69, 9.17) is 18.9 Å². The molecule has 0 saturated carbocycles. The van der Waals surface area contributed by atoms with Crippen molar-refractivity contribution in [2.24, 2.45) is 0 Å². The fourth-order valence-electron chi connectivity index (χ4n) is 4.28. The SMILES string of the molecule is C=CC=C(c1ccc(N2CCOCC2)cc1OC)c1ccc(N2CCOCC2)cc1OC. The Hall–Kier alpha value is -2.96. The molecule has 6 heteroatoms. The summed E-state index contributed by atoms with van der Waals surface area (Å²) in [7, 11) is 3.43. The Morgan fingerprint density at radius 3 is 1.59 bits per heavy atom. The van der Waals surface area contributed by atoms with Crippen LogP contribution in [-0.4, -0.2) is 66.8 Å². The molecule has 0 radical (unpaired) electrons. The fourth-order valence-corrected chi connectivity index (χ4v) is 4.28. The maximum atomic E-state index is 5.82. The molecule has 2 aliphatic heterocycles. The highest BCUT2D eigenvalue weighted by Crippen LogP contribution is 2.39. The van der Waals surface area contributed by atoms with Crippen molar-refractivity contribution in [1.29, 1.82) is 0 Å². The van der Waals surface area contributed by atoms with Crippen molar-refractivity contribution in [2.75, 3.05) is 76.6 Å². The second-order valence-electron chi connectivity index (χ2n) is 7.78. The van der Waals surface area contributed by atoms with Crippen LogP contribution in [0.2, 0.25) is 0 Å². The van der Waals surface area contributed by atoms with E-state index >= 15 is 0 Å². The van der Waals surface area contributed by atoms with Crippen LogP contribution >= 0.6 is 0 Å². The van der Waals surface area contributed by atoms with Gasteiger partial charge in [0.05, 0.1) is 40.6 Å². The highest BCUT2D eigenvalue weighted by atomic mass is 16.5. The van der Waals surface area contributed by atoms with E-state index in [1.165, 1.54) is 0 Å². The molecule has 0 atom stereocenters. The van der Waals surface area contributed by atoms with Gasteiger partial charge in [-0.3, -0.25) is 0 Å². The molecule has 4 rings (SSSR count). The van der Waals surface area contributed by atoms with Crippen LogP contribution in [0.5, 0.6) is 11.5 Å². The summed E-state index contributed by atoms with van der Waals surface area (Å²) in [5.41, 5.74) is 5.29. The van der Waals surface area contributed by atoms with Gasteiger partial charge in [0.15, 0.2) is 0 Å². The lowest BCUT2D eigenvalue weighted by atomic mass is 9.94. The van der Waals surface area contributed by atoms with Gasteiger partial charge in [-0.15, -0.1) is 0 Å². The fraction of sp³-hybridized carbons (Fsp3) is 0.385. The van der Waals surface area contributed by atoms with E-state index in [1.54, 1.807) is 20.3 Å². The van der Waals surface area contributed by atoms with Crippen LogP contribution in [0.1, 0.15) is 11.1 Å². The Labute approximate surface area is 190 Å². The van der Waals surface area contributed by atoms with Gasteiger partial charge in [-0.25, -0.2) is 0 Å². The van der Waals surface area contributed by atoms with Crippen molar-refractivity contribution in [3.8, 4) is 11.5 Å². The first kappa shape index (κ1) is 22.2. The van der Waals surface area contributed by atoms with Crippen LogP contribution in [0.25, 0.3) is 5.57 Å². The molecule has 32 heavy (non-hydrogen) atoms. The zero-order valence-corrected chi connectivity index (χ0v) is 19.0. The lowest BCUT2D eigenvalue weighted by Gasteiger charge is -2.30. The average molecular weight is 437 g/mol. The van der Waals surface area contributed by atoms with Crippen molar-refractivity contribution in [1.82, 2.24) is 0 Å². The predicted octanol–water partition coefficient (Wildman–Crippen LogP) is 3.99. The Kier molecular flexibility index (Phi) is 7.35. The normalized spacial score (nSPS) is 16.4. The topological polar surface area (TPSA) is 43.4 Å². The number of morpholine rings is 2. The largest absolute Gasteiger partial charge is 0.496 e. The third-order valence-corrected chi connectivity index (χ3v) is 5.99. The molecule has 2 saturated heterocycles. The van der Waals surface area contributed by atoms with Gasteiger partial charge in [0.25, 0.3) is 0 Å². The van der Waals surface area contributed by atoms with Gasteiger partial charge in [-0.2, -0.15) is 0 Å². The van der Waals surface area contributed by atoms with Crippen molar-refractivity contribution in [3.63, 3.8) is 0 Å². The first-order chi connectivity index (χ1) is 15.7. The van der Waals surface area contributed by atoms with Gasteiger partial charge in [0, 0.05) is 60.8 Å². The number of benzene rings is 2. The van der Waals surface area contributed by atoms with E-state index in [0.717, 1.165) is 92.2 Å². The van der Waals surface area contributed by atoms with Crippen LogP contribution in [0.3, 0.4) is 0 Å². The molecule has 0 aliphatic carbocycles. The zero-order chi connectivity index (χ0) is 22.3. The van der Waals surface area contributed by atoms with Crippen molar-refractivity contribution in [2.45, 2.75) is 0 Å². The quantitative estimate of drug-likeness (QED) is 0.612. The summed E-state index contributed by atoms with van der Waals surface area (Å²) in [6, 6.07) is 12.7. The maximum Gasteiger partial charge on any atom is 0.128 e. The van der Waals surface area contributed by atoms with E-state index < -0.39 is 0 Å². The minimum atomic E-state index is 0.748. The first-order valence-corrected chi connectivity index (χ1v) is 11.1. The van der Waals surface area contributed by atoms with E-state index in [-0.39, 0.29) is 0 Å². The van der Waals surface area contributed by atoms with Gasteiger partial charge in [-0.05, 0) is 29.8 Å². The number of hydrogen-bond donors (Lipinski definition) is 0.